The molecular formula is C12H14Cl2N2O. The number of nitrogens with zero attached hydrogens (tertiary/aromatic N) is 2. The van der Waals surface area contributed by atoms with Gasteiger partial charge >= 0.3 is 0 Å². The summed E-state index contributed by atoms with van der Waals surface area (Å²) in [6.07, 6.45) is 3.76. The molecule has 1 fully saturated rings. The Morgan fingerprint density at radius 3 is 2.88 bits per heavy atom. The Kier molecular flexibility index (Phi) is 4.24. The topological polar surface area (TPSA) is 33.2 Å². The summed E-state index contributed by atoms with van der Waals surface area (Å²) in [5.74, 6) is 0.181. The molecule has 92 valence electrons. The van der Waals surface area contributed by atoms with Gasteiger partial charge in [0.05, 0.1) is 17.3 Å². The number of pyridine rings is 1. The summed E-state index contributed by atoms with van der Waals surface area (Å²) in [7, 11) is 0. The van der Waals surface area contributed by atoms with Gasteiger partial charge in [-0.2, -0.15) is 0 Å². The lowest BCUT2D eigenvalue weighted by atomic mass is 10.2. The van der Waals surface area contributed by atoms with Crippen LogP contribution in [0.1, 0.15) is 31.4 Å². The lowest BCUT2D eigenvalue weighted by molar-refractivity contribution is -0.131. The average molecular weight is 273 g/mol. The Hall–Kier alpha value is -0.800. The molecule has 2 heterocycles. The zero-order valence-electron chi connectivity index (χ0n) is 9.46. The van der Waals surface area contributed by atoms with E-state index in [2.05, 4.69) is 4.98 Å². The van der Waals surface area contributed by atoms with Crippen molar-refractivity contribution in [1.82, 2.24) is 9.88 Å². The van der Waals surface area contributed by atoms with Crippen molar-refractivity contribution in [2.75, 3.05) is 6.54 Å². The first-order valence-electron chi connectivity index (χ1n) is 5.75. The van der Waals surface area contributed by atoms with Crippen LogP contribution in [0, 0.1) is 0 Å². The molecule has 0 bridgehead atoms. The zero-order chi connectivity index (χ0) is 12.3. The third-order valence-electron chi connectivity index (χ3n) is 2.90. The number of halogens is 2. The van der Waals surface area contributed by atoms with E-state index in [1.807, 2.05) is 4.90 Å². The molecule has 5 heteroatoms. The van der Waals surface area contributed by atoms with Crippen molar-refractivity contribution >= 4 is 29.1 Å². The summed E-state index contributed by atoms with van der Waals surface area (Å²) < 4.78 is 0. The van der Waals surface area contributed by atoms with Crippen molar-refractivity contribution in [3.05, 3.63) is 28.0 Å². The minimum absolute atomic E-state index is 0.181. The van der Waals surface area contributed by atoms with Crippen LogP contribution in [0.2, 0.25) is 10.2 Å². The first-order chi connectivity index (χ1) is 8.16. The molecule has 0 atom stereocenters. The Labute approximate surface area is 111 Å². The van der Waals surface area contributed by atoms with Crippen molar-refractivity contribution in [2.45, 2.75) is 32.2 Å². The molecule has 0 N–H and O–H groups in total. The van der Waals surface area contributed by atoms with Crippen LogP contribution >= 0.6 is 23.2 Å². The highest BCUT2D eigenvalue weighted by molar-refractivity contribution is 6.32. The predicted molar refractivity (Wildman–Crippen MR) is 68.1 cm³/mol. The van der Waals surface area contributed by atoms with Crippen LogP contribution < -0.4 is 0 Å². The number of amides is 1. The third kappa shape index (κ3) is 3.33. The fourth-order valence-electron chi connectivity index (χ4n) is 1.96. The summed E-state index contributed by atoms with van der Waals surface area (Å²) in [5.41, 5.74) is 0.675. The quantitative estimate of drug-likeness (QED) is 0.775. The molecule has 3 nitrogen and oxygen atoms in total. The van der Waals surface area contributed by atoms with Gasteiger partial charge in [-0.3, -0.25) is 4.79 Å². The molecule has 2 rings (SSSR count). The fourth-order valence-corrected chi connectivity index (χ4v) is 2.29. The second kappa shape index (κ2) is 5.69. The van der Waals surface area contributed by atoms with Crippen molar-refractivity contribution in [1.29, 1.82) is 0 Å². The van der Waals surface area contributed by atoms with Gasteiger partial charge in [0.15, 0.2) is 0 Å². The van der Waals surface area contributed by atoms with E-state index in [1.165, 1.54) is 0 Å². The van der Waals surface area contributed by atoms with Gasteiger partial charge < -0.3 is 4.90 Å². The fraction of sp³-hybridized carbons (Fsp3) is 0.500. The largest absolute Gasteiger partial charge is 0.337 e. The predicted octanol–water partition coefficient (Wildman–Crippen LogP) is 3.29. The Bertz CT molecular complexity index is 423. The minimum Gasteiger partial charge on any atom is -0.337 e. The highest BCUT2D eigenvalue weighted by Crippen LogP contribution is 2.20. The van der Waals surface area contributed by atoms with Gasteiger partial charge in [0.1, 0.15) is 5.15 Å². The van der Waals surface area contributed by atoms with Crippen molar-refractivity contribution in [3.8, 4) is 0 Å². The number of hydrogen-bond acceptors (Lipinski definition) is 2. The first kappa shape index (κ1) is 12.7. The maximum absolute atomic E-state index is 11.8. The van der Waals surface area contributed by atoms with Gasteiger partial charge in [0.2, 0.25) is 5.91 Å². The van der Waals surface area contributed by atoms with Crippen LogP contribution in [0.25, 0.3) is 0 Å². The molecule has 1 aliphatic heterocycles. The Morgan fingerprint density at radius 1 is 1.24 bits per heavy atom. The molecule has 0 aliphatic carbocycles. The normalized spacial score (nSPS) is 17.1. The Morgan fingerprint density at radius 2 is 2.06 bits per heavy atom. The molecular weight excluding hydrogens is 259 g/mol. The molecule has 1 aliphatic rings. The molecule has 1 aromatic rings. The second-order valence-corrected chi connectivity index (χ2v) is 4.98. The maximum atomic E-state index is 11.8. The summed E-state index contributed by atoms with van der Waals surface area (Å²) in [4.78, 5) is 17.8. The molecule has 0 aromatic carbocycles. The van der Waals surface area contributed by atoms with E-state index in [-0.39, 0.29) is 5.91 Å². The second-order valence-electron chi connectivity index (χ2n) is 4.19. The minimum atomic E-state index is 0.181. The Balaban J connectivity index is 2.13. The van der Waals surface area contributed by atoms with E-state index in [1.54, 1.807) is 12.1 Å². The molecule has 0 saturated carbocycles. The van der Waals surface area contributed by atoms with Crippen LogP contribution in [-0.2, 0) is 11.3 Å². The summed E-state index contributed by atoms with van der Waals surface area (Å²) >= 11 is 11.9. The lowest BCUT2D eigenvalue weighted by Gasteiger charge is -2.20. The highest BCUT2D eigenvalue weighted by atomic mass is 35.5. The molecule has 1 saturated heterocycles. The summed E-state index contributed by atoms with van der Waals surface area (Å²) in [6, 6.07) is 3.37. The van der Waals surface area contributed by atoms with Gasteiger partial charge in [-0.25, -0.2) is 4.98 Å². The van der Waals surface area contributed by atoms with Gasteiger partial charge in [-0.15, -0.1) is 0 Å². The molecule has 1 amide bonds. The molecule has 0 radical (unpaired) electrons. The first-order valence-corrected chi connectivity index (χ1v) is 6.51. The van der Waals surface area contributed by atoms with Gasteiger partial charge in [-0.1, -0.05) is 29.6 Å². The van der Waals surface area contributed by atoms with E-state index in [9.17, 15) is 4.79 Å². The zero-order valence-corrected chi connectivity index (χ0v) is 11.0. The lowest BCUT2D eigenvalue weighted by Crippen LogP contribution is -2.30. The van der Waals surface area contributed by atoms with E-state index in [0.29, 0.717) is 28.8 Å². The van der Waals surface area contributed by atoms with Crippen LogP contribution in [0.3, 0.4) is 0 Å². The van der Waals surface area contributed by atoms with Gasteiger partial charge in [0, 0.05) is 13.0 Å². The van der Waals surface area contributed by atoms with E-state index < -0.39 is 0 Å². The smallest absolute Gasteiger partial charge is 0.222 e. The number of likely N-dealkylation sites (tertiary alicyclic amines) is 1. The number of aromatic nitrogens is 1. The van der Waals surface area contributed by atoms with E-state index >= 15 is 0 Å². The molecule has 17 heavy (non-hydrogen) atoms. The summed E-state index contributed by atoms with van der Waals surface area (Å²) in [6.45, 7) is 1.24. The average Bonchev–Trinajstić information content (AvgIpc) is 2.50. The number of carbonyl (C=O) groups excluding carboxylic acids is 1. The molecule has 1 aromatic heterocycles. The monoisotopic (exact) mass is 272 g/mol. The highest BCUT2D eigenvalue weighted by Gasteiger charge is 2.18. The van der Waals surface area contributed by atoms with E-state index in [0.717, 1.165) is 25.8 Å². The van der Waals surface area contributed by atoms with Gasteiger partial charge in [0.25, 0.3) is 0 Å². The third-order valence-corrected chi connectivity index (χ3v) is 3.45. The van der Waals surface area contributed by atoms with Crippen molar-refractivity contribution in [3.63, 3.8) is 0 Å². The van der Waals surface area contributed by atoms with Crippen LogP contribution in [-0.4, -0.2) is 22.3 Å². The van der Waals surface area contributed by atoms with Crippen molar-refractivity contribution in [2.24, 2.45) is 0 Å². The SMILES string of the molecule is O=C1CCCCCN1Cc1nc(Cl)ccc1Cl. The van der Waals surface area contributed by atoms with Crippen LogP contribution in [0.15, 0.2) is 12.1 Å². The molecule has 0 spiro atoms. The number of rotatable bonds is 2. The number of hydrogen-bond donors (Lipinski definition) is 0. The van der Waals surface area contributed by atoms with Crippen LogP contribution in [0.4, 0.5) is 0 Å². The van der Waals surface area contributed by atoms with E-state index in [4.69, 9.17) is 23.2 Å². The number of carbonyl (C=O) groups is 1. The van der Waals surface area contributed by atoms with Crippen molar-refractivity contribution < 1.29 is 4.79 Å². The standard InChI is InChI=1S/C12H14Cl2N2O/c13-9-5-6-11(14)15-10(9)8-16-7-3-1-2-4-12(16)17/h5-6H,1-4,7-8H2. The summed E-state index contributed by atoms with van der Waals surface area (Å²) in [5, 5.41) is 0.970. The van der Waals surface area contributed by atoms with Crippen LogP contribution in [0.5, 0.6) is 0 Å². The molecule has 0 unspecified atom stereocenters. The maximum Gasteiger partial charge on any atom is 0.222 e. The van der Waals surface area contributed by atoms with Gasteiger partial charge in [-0.05, 0) is 25.0 Å².